The maximum Gasteiger partial charge on any atom is 0.228 e. The highest BCUT2D eigenvalue weighted by Gasteiger charge is 2.13. The number of aryl methyl sites for hydroxylation is 2. The van der Waals surface area contributed by atoms with Crippen LogP contribution in [0.2, 0.25) is 0 Å². The molecule has 0 atom stereocenters. The van der Waals surface area contributed by atoms with Gasteiger partial charge in [-0.25, -0.2) is 0 Å². The molecular weight excluding hydrogens is 310 g/mol. The molecular formula is C22H19NO2. The predicted octanol–water partition coefficient (Wildman–Crippen LogP) is 5.38. The van der Waals surface area contributed by atoms with E-state index in [1.54, 1.807) is 6.26 Å². The molecule has 4 rings (SSSR count). The predicted molar refractivity (Wildman–Crippen MR) is 102 cm³/mol. The third-order valence-electron chi connectivity index (χ3n) is 4.73. The number of nitrogens with one attached hydrogen (secondary N) is 1. The molecule has 124 valence electrons. The number of fused-ring (bicyclic) bond motifs is 2. The molecule has 0 unspecified atom stereocenters. The molecule has 3 aromatic carbocycles. The fourth-order valence-electron chi connectivity index (χ4n) is 3.17. The van der Waals surface area contributed by atoms with E-state index in [0.29, 0.717) is 6.42 Å². The lowest BCUT2D eigenvalue weighted by atomic mass is 10.0. The summed E-state index contributed by atoms with van der Waals surface area (Å²) >= 11 is 0. The average Bonchev–Trinajstić information content (AvgIpc) is 3.01. The molecule has 0 radical (unpaired) electrons. The van der Waals surface area contributed by atoms with E-state index in [9.17, 15) is 4.79 Å². The Balaban J connectivity index is 1.56. The van der Waals surface area contributed by atoms with Crippen molar-refractivity contribution < 1.29 is 9.21 Å². The molecule has 1 aromatic heterocycles. The Kier molecular flexibility index (Phi) is 3.77. The van der Waals surface area contributed by atoms with Crippen LogP contribution < -0.4 is 5.32 Å². The molecule has 25 heavy (non-hydrogen) atoms. The summed E-state index contributed by atoms with van der Waals surface area (Å²) in [5, 5.41) is 6.26. The van der Waals surface area contributed by atoms with Gasteiger partial charge in [0.15, 0.2) is 0 Å². The summed E-state index contributed by atoms with van der Waals surface area (Å²) in [6, 6.07) is 18.1. The number of hydrogen-bond acceptors (Lipinski definition) is 2. The van der Waals surface area contributed by atoms with Crippen LogP contribution in [0.3, 0.4) is 0 Å². The van der Waals surface area contributed by atoms with E-state index in [-0.39, 0.29) is 5.91 Å². The molecule has 0 bridgehead atoms. The highest BCUT2D eigenvalue weighted by Crippen LogP contribution is 2.27. The van der Waals surface area contributed by atoms with Crippen molar-refractivity contribution in [2.75, 3.05) is 5.32 Å². The Morgan fingerprint density at radius 2 is 1.80 bits per heavy atom. The van der Waals surface area contributed by atoms with Crippen LogP contribution in [-0.2, 0) is 11.2 Å². The first-order valence-corrected chi connectivity index (χ1v) is 8.37. The van der Waals surface area contributed by atoms with E-state index in [4.69, 9.17) is 4.42 Å². The van der Waals surface area contributed by atoms with Crippen molar-refractivity contribution in [3.63, 3.8) is 0 Å². The summed E-state index contributed by atoms with van der Waals surface area (Å²) in [7, 11) is 0. The molecule has 0 spiro atoms. The Morgan fingerprint density at radius 1 is 1.00 bits per heavy atom. The molecule has 0 aliphatic carbocycles. The van der Waals surface area contributed by atoms with Crippen LogP contribution in [0.1, 0.15) is 16.7 Å². The monoisotopic (exact) mass is 329 g/mol. The second kappa shape index (κ2) is 6.10. The first kappa shape index (κ1) is 15.5. The summed E-state index contributed by atoms with van der Waals surface area (Å²) in [6.07, 6.45) is 1.99. The Morgan fingerprint density at radius 3 is 2.64 bits per heavy atom. The molecule has 3 heteroatoms. The molecule has 0 aliphatic rings. The number of amides is 1. The maximum absolute atomic E-state index is 12.5. The van der Waals surface area contributed by atoms with Gasteiger partial charge in [-0.3, -0.25) is 4.79 Å². The zero-order chi connectivity index (χ0) is 17.4. The second-order valence-electron chi connectivity index (χ2n) is 6.43. The summed E-state index contributed by atoms with van der Waals surface area (Å²) in [4.78, 5) is 12.5. The topological polar surface area (TPSA) is 42.2 Å². The van der Waals surface area contributed by atoms with E-state index < -0.39 is 0 Å². The van der Waals surface area contributed by atoms with Crippen molar-refractivity contribution in [3.8, 4) is 0 Å². The van der Waals surface area contributed by atoms with Gasteiger partial charge in [-0.05, 0) is 47.9 Å². The minimum Gasteiger partial charge on any atom is -0.464 e. The molecule has 0 aliphatic heterocycles. The lowest BCUT2D eigenvalue weighted by Crippen LogP contribution is -2.14. The van der Waals surface area contributed by atoms with Crippen LogP contribution in [0.4, 0.5) is 5.69 Å². The third kappa shape index (κ3) is 2.89. The van der Waals surface area contributed by atoms with Gasteiger partial charge >= 0.3 is 0 Å². The van der Waals surface area contributed by atoms with Crippen molar-refractivity contribution in [1.82, 2.24) is 0 Å². The van der Waals surface area contributed by atoms with Gasteiger partial charge in [-0.2, -0.15) is 0 Å². The zero-order valence-electron chi connectivity index (χ0n) is 14.3. The van der Waals surface area contributed by atoms with Crippen LogP contribution in [-0.4, -0.2) is 5.91 Å². The van der Waals surface area contributed by atoms with Crippen molar-refractivity contribution in [3.05, 3.63) is 77.6 Å². The molecule has 4 aromatic rings. The van der Waals surface area contributed by atoms with E-state index in [1.807, 2.05) is 49.4 Å². The van der Waals surface area contributed by atoms with E-state index in [0.717, 1.165) is 38.6 Å². The quantitative estimate of drug-likeness (QED) is 0.548. The van der Waals surface area contributed by atoms with Crippen molar-refractivity contribution in [2.24, 2.45) is 0 Å². The Bertz CT molecular complexity index is 1090. The number of furan rings is 1. The molecule has 3 nitrogen and oxygen atoms in total. The van der Waals surface area contributed by atoms with Gasteiger partial charge in [0, 0.05) is 16.6 Å². The normalized spacial score (nSPS) is 11.1. The molecule has 0 fully saturated rings. The standard InChI is InChI=1S/C22H19NO2/c1-14-7-10-20-18(13-25-22(20)15(14)2)12-21(24)23-19-9-8-16-5-3-4-6-17(16)11-19/h3-11,13H,12H2,1-2H3,(H,23,24). The first-order valence-electron chi connectivity index (χ1n) is 8.37. The van der Waals surface area contributed by atoms with E-state index >= 15 is 0 Å². The van der Waals surface area contributed by atoms with Gasteiger partial charge in [0.25, 0.3) is 0 Å². The van der Waals surface area contributed by atoms with Gasteiger partial charge in [0.05, 0.1) is 12.7 Å². The second-order valence-corrected chi connectivity index (χ2v) is 6.43. The van der Waals surface area contributed by atoms with Crippen LogP contribution in [0, 0.1) is 13.8 Å². The third-order valence-corrected chi connectivity index (χ3v) is 4.73. The highest BCUT2D eigenvalue weighted by molar-refractivity contribution is 5.97. The fraction of sp³-hybridized carbons (Fsp3) is 0.136. The number of benzene rings is 3. The SMILES string of the molecule is Cc1ccc2c(CC(=O)Nc3ccc4ccccc4c3)coc2c1C. The molecule has 1 amide bonds. The average molecular weight is 329 g/mol. The largest absolute Gasteiger partial charge is 0.464 e. The fourth-order valence-corrected chi connectivity index (χ4v) is 3.17. The van der Waals surface area contributed by atoms with Crippen molar-refractivity contribution in [2.45, 2.75) is 20.3 Å². The van der Waals surface area contributed by atoms with Gasteiger partial charge in [0.2, 0.25) is 5.91 Å². The first-order chi connectivity index (χ1) is 12.1. The van der Waals surface area contributed by atoms with Crippen LogP contribution in [0.15, 0.2) is 65.3 Å². The van der Waals surface area contributed by atoms with Crippen LogP contribution in [0.5, 0.6) is 0 Å². The van der Waals surface area contributed by atoms with Gasteiger partial charge in [-0.1, -0.05) is 42.5 Å². The number of carbonyl (C=O) groups excluding carboxylic acids is 1. The number of hydrogen-bond donors (Lipinski definition) is 1. The molecule has 0 saturated heterocycles. The highest BCUT2D eigenvalue weighted by atomic mass is 16.3. The minimum atomic E-state index is -0.0452. The van der Waals surface area contributed by atoms with E-state index in [1.165, 1.54) is 5.56 Å². The van der Waals surface area contributed by atoms with Crippen molar-refractivity contribution >= 4 is 33.3 Å². The summed E-state index contributed by atoms with van der Waals surface area (Å²) < 4.78 is 5.69. The Labute approximate surface area is 146 Å². The zero-order valence-corrected chi connectivity index (χ0v) is 14.3. The van der Waals surface area contributed by atoms with Crippen LogP contribution in [0.25, 0.3) is 21.7 Å². The van der Waals surface area contributed by atoms with Crippen LogP contribution >= 0.6 is 0 Å². The maximum atomic E-state index is 12.5. The van der Waals surface area contributed by atoms with Crippen molar-refractivity contribution in [1.29, 1.82) is 0 Å². The molecule has 1 heterocycles. The number of carbonyl (C=O) groups is 1. The van der Waals surface area contributed by atoms with Gasteiger partial charge in [0.1, 0.15) is 5.58 Å². The summed E-state index contributed by atoms with van der Waals surface area (Å²) in [6.45, 7) is 4.10. The lowest BCUT2D eigenvalue weighted by Gasteiger charge is -2.06. The lowest BCUT2D eigenvalue weighted by molar-refractivity contribution is -0.115. The minimum absolute atomic E-state index is 0.0452. The van der Waals surface area contributed by atoms with Gasteiger partial charge in [-0.15, -0.1) is 0 Å². The Hall–Kier alpha value is -3.07. The smallest absolute Gasteiger partial charge is 0.228 e. The summed E-state index contributed by atoms with van der Waals surface area (Å²) in [5.74, 6) is -0.0452. The van der Waals surface area contributed by atoms with E-state index in [2.05, 4.69) is 24.4 Å². The summed E-state index contributed by atoms with van der Waals surface area (Å²) in [5.41, 5.74) is 4.90. The number of rotatable bonds is 3. The molecule has 1 N–H and O–H groups in total. The molecule has 0 saturated carbocycles. The van der Waals surface area contributed by atoms with Gasteiger partial charge < -0.3 is 9.73 Å². The number of anilines is 1.